The molecular weight excluding hydrogens is 373 g/mol. The van der Waals surface area contributed by atoms with E-state index in [2.05, 4.69) is 15.2 Å². The summed E-state index contributed by atoms with van der Waals surface area (Å²) >= 11 is 0. The van der Waals surface area contributed by atoms with Crippen LogP contribution in [0.4, 0.5) is 4.39 Å². The Bertz CT molecular complexity index is 1170. The number of H-pyrrole nitrogens is 1. The molecule has 1 N–H and O–H groups in total. The summed E-state index contributed by atoms with van der Waals surface area (Å²) in [6.45, 7) is 3.88. The number of rotatable bonds is 4. The Balaban J connectivity index is 1.68. The third-order valence-electron chi connectivity index (χ3n) is 5.02. The van der Waals surface area contributed by atoms with E-state index in [4.69, 9.17) is 14.5 Å². The first-order chi connectivity index (χ1) is 14.2. The van der Waals surface area contributed by atoms with Gasteiger partial charge in [-0.1, -0.05) is 6.07 Å². The maximum Gasteiger partial charge on any atom is 0.155 e. The smallest absolute Gasteiger partial charge is 0.155 e. The summed E-state index contributed by atoms with van der Waals surface area (Å²) in [6.07, 6.45) is 3.25. The number of nitrogens with one attached hydrogen (secondary N) is 1. The summed E-state index contributed by atoms with van der Waals surface area (Å²) in [5.41, 5.74) is 2.69. The lowest BCUT2D eigenvalue weighted by Crippen LogP contribution is -2.09. The van der Waals surface area contributed by atoms with Crippen molar-refractivity contribution in [3.8, 4) is 34.3 Å². The Morgan fingerprint density at radius 2 is 2.17 bits per heavy atom. The molecule has 0 radical (unpaired) electrons. The fourth-order valence-electron chi connectivity index (χ4n) is 3.73. The minimum atomic E-state index is -0.361. The van der Waals surface area contributed by atoms with Crippen LogP contribution in [0.3, 0.4) is 0 Å². The van der Waals surface area contributed by atoms with Gasteiger partial charge in [-0.3, -0.25) is 5.10 Å². The Labute approximate surface area is 166 Å². The summed E-state index contributed by atoms with van der Waals surface area (Å²) in [5.74, 6) is 2.17. The molecule has 0 amide bonds. The molecule has 1 aliphatic rings. The minimum Gasteiger partial charge on any atom is -0.494 e. The van der Waals surface area contributed by atoms with E-state index in [0.29, 0.717) is 41.7 Å². The monoisotopic (exact) mass is 393 g/mol. The van der Waals surface area contributed by atoms with Gasteiger partial charge in [-0.15, -0.1) is 0 Å². The van der Waals surface area contributed by atoms with E-state index in [-0.39, 0.29) is 5.82 Å². The molecule has 2 aromatic carbocycles. The van der Waals surface area contributed by atoms with E-state index >= 15 is 4.39 Å². The Hall–Kier alpha value is -3.42. The fourth-order valence-corrected chi connectivity index (χ4v) is 3.73. The quantitative estimate of drug-likeness (QED) is 0.562. The lowest BCUT2D eigenvalue weighted by Gasteiger charge is -2.17. The zero-order valence-electron chi connectivity index (χ0n) is 16.0. The molecule has 1 aliphatic heterocycles. The van der Waals surface area contributed by atoms with Gasteiger partial charge in [0.2, 0.25) is 0 Å². The Kier molecular flexibility index (Phi) is 4.38. The molecule has 0 unspecified atom stereocenters. The zero-order chi connectivity index (χ0) is 19.8. The van der Waals surface area contributed by atoms with Crippen LogP contribution < -0.4 is 9.47 Å². The highest BCUT2D eigenvalue weighted by molar-refractivity contribution is 5.88. The van der Waals surface area contributed by atoms with Gasteiger partial charge in [0, 0.05) is 24.2 Å². The van der Waals surface area contributed by atoms with E-state index in [1.54, 1.807) is 6.07 Å². The van der Waals surface area contributed by atoms with Crippen molar-refractivity contribution in [1.82, 2.24) is 24.7 Å². The van der Waals surface area contributed by atoms with Crippen LogP contribution in [0.25, 0.3) is 33.8 Å². The molecule has 29 heavy (non-hydrogen) atoms. The molecule has 8 heteroatoms. The van der Waals surface area contributed by atoms with Crippen LogP contribution in [-0.2, 0) is 6.54 Å². The number of ether oxygens (including phenoxy) is 2. The standard InChI is InChI=1S/C21H20FN5O2/c1-2-28-14-10-17-19-18(11-14)29-8-4-3-7-27(19)21(25-17)15-6-5-13(9-16(15)22)20-23-12-24-26-20/h5-6,9-12H,2-4,7-8H2,1H3,(H,23,24,26). The molecule has 0 saturated carbocycles. The number of benzene rings is 2. The average Bonchev–Trinajstić information content (AvgIpc) is 3.34. The summed E-state index contributed by atoms with van der Waals surface area (Å²) in [5, 5.41) is 6.58. The molecule has 4 aromatic rings. The van der Waals surface area contributed by atoms with Crippen LogP contribution in [0.2, 0.25) is 0 Å². The predicted octanol–water partition coefficient (Wildman–Crippen LogP) is 4.20. The van der Waals surface area contributed by atoms with Gasteiger partial charge >= 0.3 is 0 Å². The number of aryl methyl sites for hydroxylation is 1. The van der Waals surface area contributed by atoms with Crippen LogP contribution in [-0.4, -0.2) is 37.9 Å². The molecule has 0 aliphatic carbocycles. The molecule has 5 rings (SSSR count). The normalized spacial score (nSPS) is 13.7. The Morgan fingerprint density at radius 3 is 2.97 bits per heavy atom. The summed E-state index contributed by atoms with van der Waals surface area (Å²) < 4.78 is 28.8. The van der Waals surface area contributed by atoms with Gasteiger partial charge < -0.3 is 14.0 Å². The first-order valence-corrected chi connectivity index (χ1v) is 9.70. The lowest BCUT2D eigenvalue weighted by atomic mass is 10.1. The maximum atomic E-state index is 15.1. The molecule has 7 nitrogen and oxygen atoms in total. The average molecular weight is 393 g/mol. The second kappa shape index (κ2) is 7.20. The molecule has 0 atom stereocenters. The van der Waals surface area contributed by atoms with Crippen LogP contribution in [0.15, 0.2) is 36.7 Å². The van der Waals surface area contributed by atoms with E-state index in [1.807, 2.05) is 29.7 Å². The van der Waals surface area contributed by atoms with Gasteiger partial charge in [0.15, 0.2) is 5.82 Å². The van der Waals surface area contributed by atoms with E-state index < -0.39 is 0 Å². The number of imidazole rings is 1. The van der Waals surface area contributed by atoms with Crippen molar-refractivity contribution in [2.24, 2.45) is 0 Å². The molecule has 0 saturated heterocycles. The number of aromatic amines is 1. The number of hydrogen-bond acceptors (Lipinski definition) is 5. The minimum absolute atomic E-state index is 0.361. The van der Waals surface area contributed by atoms with Crippen molar-refractivity contribution in [2.75, 3.05) is 13.2 Å². The van der Waals surface area contributed by atoms with E-state index in [9.17, 15) is 0 Å². The molecule has 0 fully saturated rings. The van der Waals surface area contributed by atoms with Gasteiger partial charge in [-0.25, -0.2) is 14.4 Å². The zero-order valence-corrected chi connectivity index (χ0v) is 16.0. The van der Waals surface area contributed by atoms with Crippen LogP contribution >= 0.6 is 0 Å². The molecule has 0 bridgehead atoms. The van der Waals surface area contributed by atoms with Gasteiger partial charge in [-0.2, -0.15) is 5.10 Å². The highest BCUT2D eigenvalue weighted by Gasteiger charge is 2.22. The largest absolute Gasteiger partial charge is 0.494 e. The highest BCUT2D eigenvalue weighted by Crippen LogP contribution is 2.37. The number of aromatic nitrogens is 5. The molecule has 3 heterocycles. The second-order valence-electron chi connectivity index (χ2n) is 6.89. The molecule has 2 aromatic heterocycles. The van der Waals surface area contributed by atoms with Gasteiger partial charge in [0.25, 0.3) is 0 Å². The molecule has 0 spiro atoms. The first kappa shape index (κ1) is 17.7. The van der Waals surface area contributed by atoms with Crippen molar-refractivity contribution in [3.63, 3.8) is 0 Å². The maximum absolute atomic E-state index is 15.1. The lowest BCUT2D eigenvalue weighted by molar-refractivity contribution is 0.294. The van der Waals surface area contributed by atoms with Crippen LogP contribution in [0.1, 0.15) is 19.8 Å². The SMILES string of the molecule is CCOc1cc2c3c(c1)nc(-c1ccc(-c4ncn[nH]4)cc1F)n3CCCCO2. The second-order valence-corrected chi connectivity index (χ2v) is 6.89. The van der Waals surface area contributed by atoms with Crippen molar-refractivity contribution in [2.45, 2.75) is 26.3 Å². The van der Waals surface area contributed by atoms with Gasteiger partial charge in [0.05, 0.1) is 24.3 Å². The third-order valence-corrected chi connectivity index (χ3v) is 5.02. The molecular formula is C21H20FN5O2. The first-order valence-electron chi connectivity index (χ1n) is 9.70. The Morgan fingerprint density at radius 1 is 1.24 bits per heavy atom. The third kappa shape index (κ3) is 3.10. The van der Waals surface area contributed by atoms with Crippen molar-refractivity contribution in [1.29, 1.82) is 0 Å². The van der Waals surface area contributed by atoms with E-state index in [1.165, 1.54) is 12.4 Å². The van der Waals surface area contributed by atoms with Crippen molar-refractivity contribution in [3.05, 3.63) is 42.5 Å². The topological polar surface area (TPSA) is 77.9 Å². The summed E-state index contributed by atoms with van der Waals surface area (Å²) in [6, 6.07) is 8.78. The van der Waals surface area contributed by atoms with Crippen molar-refractivity contribution >= 4 is 11.0 Å². The van der Waals surface area contributed by atoms with Crippen LogP contribution in [0, 0.1) is 5.82 Å². The summed E-state index contributed by atoms with van der Waals surface area (Å²) in [4.78, 5) is 8.85. The van der Waals surface area contributed by atoms with E-state index in [0.717, 1.165) is 36.2 Å². The van der Waals surface area contributed by atoms with Crippen LogP contribution in [0.5, 0.6) is 11.5 Å². The van der Waals surface area contributed by atoms with Crippen molar-refractivity contribution < 1.29 is 13.9 Å². The molecule has 148 valence electrons. The summed E-state index contributed by atoms with van der Waals surface area (Å²) in [7, 11) is 0. The van der Waals surface area contributed by atoms with Gasteiger partial charge in [0.1, 0.15) is 35.0 Å². The van der Waals surface area contributed by atoms with Gasteiger partial charge in [-0.05, 0) is 31.9 Å². The number of nitrogens with zero attached hydrogens (tertiary/aromatic N) is 4. The number of halogens is 1. The fraction of sp³-hybridized carbons (Fsp3) is 0.286. The predicted molar refractivity (Wildman–Crippen MR) is 106 cm³/mol. The highest BCUT2D eigenvalue weighted by atomic mass is 19.1. The number of hydrogen-bond donors (Lipinski definition) is 1.